The Bertz CT molecular complexity index is 478. The smallest absolute Gasteiger partial charge is 0.163 e. The fourth-order valence-corrected chi connectivity index (χ4v) is 2.53. The fraction of sp³-hybridized carbons (Fsp3) is 0.562. The molecule has 0 aliphatic heterocycles. The highest BCUT2D eigenvalue weighted by Gasteiger charge is 2.30. The zero-order chi connectivity index (χ0) is 14.0. The molecule has 0 spiro atoms. The first-order chi connectivity index (χ1) is 8.87. The van der Waals surface area contributed by atoms with Crippen LogP contribution in [0.25, 0.3) is 0 Å². The van der Waals surface area contributed by atoms with Gasteiger partial charge in [0.1, 0.15) is 12.4 Å². The number of rotatable bonds is 4. The minimum absolute atomic E-state index is 0.0618. The summed E-state index contributed by atoms with van der Waals surface area (Å²) in [4.78, 5) is 14.2. The van der Waals surface area contributed by atoms with Crippen molar-refractivity contribution in [1.29, 1.82) is 0 Å². The third-order valence-electron chi connectivity index (χ3n) is 3.49. The number of nitrogens with zero attached hydrogens (tertiary/aromatic N) is 1. The van der Waals surface area contributed by atoms with E-state index in [9.17, 15) is 4.79 Å². The zero-order valence-electron chi connectivity index (χ0n) is 12.3. The number of Topliss-reactive ketones (excluding diaryl/α,β-unsaturated/α-hetero) is 1. The summed E-state index contributed by atoms with van der Waals surface area (Å²) in [7, 11) is 4.05. The van der Waals surface area contributed by atoms with Crippen molar-refractivity contribution in [2.24, 2.45) is 5.41 Å². The molecule has 0 N–H and O–H groups in total. The van der Waals surface area contributed by atoms with E-state index in [1.165, 1.54) is 0 Å². The lowest BCUT2D eigenvalue weighted by molar-refractivity contribution is 0.0912. The van der Waals surface area contributed by atoms with Gasteiger partial charge in [0.05, 0.1) is 0 Å². The summed E-state index contributed by atoms with van der Waals surface area (Å²) in [5, 5.41) is 0. The zero-order valence-corrected chi connectivity index (χ0v) is 12.3. The van der Waals surface area contributed by atoms with Crippen LogP contribution >= 0.6 is 0 Å². The summed E-state index contributed by atoms with van der Waals surface area (Å²) in [5.41, 5.74) is 2.06. The molecule has 0 amide bonds. The van der Waals surface area contributed by atoms with Gasteiger partial charge in [0.25, 0.3) is 0 Å². The van der Waals surface area contributed by atoms with E-state index < -0.39 is 0 Å². The van der Waals surface area contributed by atoms with Gasteiger partial charge >= 0.3 is 0 Å². The third-order valence-corrected chi connectivity index (χ3v) is 3.49. The summed E-state index contributed by atoms with van der Waals surface area (Å²) >= 11 is 0. The molecular formula is C16H23NO2. The molecule has 3 heteroatoms. The Morgan fingerprint density at radius 2 is 2.00 bits per heavy atom. The number of likely N-dealkylation sites (N-methyl/N-ethyl adjacent to an activating group) is 1. The van der Waals surface area contributed by atoms with Gasteiger partial charge in [-0.1, -0.05) is 13.8 Å². The van der Waals surface area contributed by atoms with Gasteiger partial charge in [-0.15, -0.1) is 0 Å². The number of ether oxygens (including phenoxy) is 1. The van der Waals surface area contributed by atoms with Crippen LogP contribution < -0.4 is 4.74 Å². The summed E-state index contributed by atoms with van der Waals surface area (Å²) in [6.45, 7) is 5.85. The van der Waals surface area contributed by atoms with Gasteiger partial charge in [-0.3, -0.25) is 4.79 Å². The maximum atomic E-state index is 12.1. The average molecular weight is 261 g/mol. The quantitative estimate of drug-likeness (QED) is 0.834. The lowest BCUT2D eigenvalue weighted by atomic mass is 9.74. The predicted octanol–water partition coefficient (Wildman–Crippen LogP) is 2.78. The molecule has 0 saturated heterocycles. The van der Waals surface area contributed by atoms with Crippen LogP contribution in [-0.4, -0.2) is 37.9 Å². The molecule has 0 saturated carbocycles. The van der Waals surface area contributed by atoms with Crippen LogP contribution in [0.3, 0.4) is 0 Å². The van der Waals surface area contributed by atoms with Crippen molar-refractivity contribution in [2.75, 3.05) is 27.2 Å². The Kier molecular flexibility index (Phi) is 3.95. The van der Waals surface area contributed by atoms with E-state index in [-0.39, 0.29) is 11.2 Å². The molecule has 1 aromatic carbocycles. The van der Waals surface area contributed by atoms with Crippen LogP contribution in [0.5, 0.6) is 5.75 Å². The minimum Gasteiger partial charge on any atom is -0.492 e. The number of ketones is 1. The second kappa shape index (κ2) is 5.33. The molecule has 104 valence electrons. The van der Waals surface area contributed by atoms with Crippen LogP contribution in [0.2, 0.25) is 0 Å². The number of carbonyl (C=O) groups excluding carboxylic acids is 1. The molecule has 0 heterocycles. The number of hydrogen-bond donors (Lipinski definition) is 0. The van der Waals surface area contributed by atoms with Gasteiger partial charge in [0.15, 0.2) is 5.78 Å². The van der Waals surface area contributed by atoms with Gasteiger partial charge in [-0.25, -0.2) is 0 Å². The van der Waals surface area contributed by atoms with Crippen molar-refractivity contribution in [1.82, 2.24) is 4.90 Å². The van der Waals surface area contributed by atoms with Crippen LogP contribution in [0.15, 0.2) is 18.2 Å². The molecule has 2 rings (SSSR count). The summed E-state index contributed by atoms with van der Waals surface area (Å²) in [6.07, 6.45) is 1.58. The lowest BCUT2D eigenvalue weighted by Gasteiger charge is -2.30. The summed E-state index contributed by atoms with van der Waals surface area (Å²) in [6, 6.07) is 5.85. The van der Waals surface area contributed by atoms with E-state index >= 15 is 0 Å². The highest BCUT2D eigenvalue weighted by molar-refractivity contribution is 5.99. The third kappa shape index (κ3) is 3.57. The number of fused-ring (bicyclic) bond motifs is 1. The standard InChI is InChI=1S/C16H23NO2/c1-16(2)10-12-9-13(19-8-7-17(3)4)5-6-14(12)15(18)11-16/h5-6,9H,7-8,10-11H2,1-4H3. The van der Waals surface area contributed by atoms with E-state index in [0.717, 1.165) is 29.8 Å². The van der Waals surface area contributed by atoms with Gasteiger partial charge in [0.2, 0.25) is 0 Å². The Morgan fingerprint density at radius 1 is 1.26 bits per heavy atom. The maximum Gasteiger partial charge on any atom is 0.163 e. The molecule has 19 heavy (non-hydrogen) atoms. The van der Waals surface area contributed by atoms with Crippen molar-refractivity contribution < 1.29 is 9.53 Å². The van der Waals surface area contributed by atoms with Crippen molar-refractivity contribution in [3.05, 3.63) is 29.3 Å². The van der Waals surface area contributed by atoms with Crippen molar-refractivity contribution in [3.8, 4) is 5.75 Å². The average Bonchev–Trinajstić information content (AvgIpc) is 2.26. The Balaban J connectivity index is 2.12. The largest absolute Gasteiger partial charge is 0.492 e. The van der Waals surface area contributed by atoms with E-state index in [1.807, 2.05) is 32.3 Å². The number of hydrogen-bond acceptors (Lipinski definition) is 3. The van der Waals surface area contributed by atoms with Crippen LogP contribution in [0, 0.1) is 5.41 Å². The number of benzene rings is 1. The van der Waals surface area contributed by atoms with Crippen molar-refractivity contribution in [3.63, 3.8) is 0 Å². The first-order valence-corrected chi connectivity index (χ1v) is 6.81. The molecule has 0 atom stereocenters. The molecule has 3 nitrogen and oxygen atoms in total. The Morgan fingerprint density at radius 3 is 2.68 bits per heavy atom. The summed E-state index contributed by atoms with van der Waals surface area (Å²) in [5.74, 6) is 1.12. The molecule has 0 fully saturated rings. The van der Waals surface area contributed by atoms with E-state index in [4.69, 9.17) is 4.74 Å². The number of carbonyl (C=O) groups is 1. The second-order valence-electron chi connectivity index (χ2n) is 6.41. The molecule has 0 unspecified atom stereocenters. The first-order valence-electron chi connectivity index (χ1n) is 6.81. The van der Waals surface area contributed by atoms with Crippen LogP contribution in [0.1, 0.15) is 36.2 Å². The Hall–Kier alpha value is -1.35. The SMILES string of the molecule is CN(C)CCOc1ccc2c(c1)CC(C)(C)CC2=O. The van der Waals surface area contributed by atoms with Gasteiger partial charge in [-0.05, 0) is 49.7 Å². The Labute approximate surface area is 115 Å². The molecule has 1 aromatic rings. The molecule has 1 aliphatic carbocycles. The molecular weight excluding hydrogens is 238 g/mol. The minimum atomic E-state index is 0.0618. The summed E-state index contributed by atoms with van der Waals surface area (Å²) < 4.78 is 5.73. The normalized spacial score (nSPS) is 17.4. The molecule has 0 bridgehead atoms. The van der Waals surface area contributed by atoms with Gasteiger partial charge < -0.3 is 9.64 Å². The predicted molar refractivity (Wildman–Crippen MR) is 76.9 cm³/mol. The molecule has 1 aliphatic rings. The van der Waals surface area contributed by atoms with E-state index in [0.29, 0.717) is 13.0 Å². The van der Waals surface area contributed by atoms with Crippen LogP contribution in [-0.2, 0) is 6.42 Å². The maximum absolute atomic E-state index is 12.1. The van der Waals surface area contributed by atoms with Gasteiger partial charge in [0, 0.05) is 18.5 Å². The fourth-order valence-electron chi connectivity index (χ4n) is 2.53. The second-order valence-corrected chi connectivity index (χ2v) is 6.41. The molecule has 0 aromatic heterocycles. The topological polar surface area (TPSA) is 29.5 Å². The highest BCUT2D eigenvalue weighted by Crippen LogP contribution is 2.36. The van der Waals surface area contributed by atoms with E-state index in [2.05, 4.69) is 18.7 Å². The lowest BCUT2D eigenvalue weighted by Crippen LogP contribution is -2.27. The van der Waals surface area contributed by atoms with Crippen LogP contribution in [0.4, 0.5) is 0 Å². The van der Waals surface area contributed by atoms with Crippen molar-refractivity contribution in [2.45, 2.75) is 26.7 Å². The highest BCUT2D eigenvalue weighted by atomic mass is 16.5. The first kappa shape index (κ1) is 14.1. The van der Waals surface area contributed by atoms with Gasteiger partial charge in [-0.2, -0.15) is 0 Å². The van der Waals surface area contributed by atoms with Crippen molar-refractivity contribution >= 4 is 5.78 Å². The van der Waals surface area contributed by atoms with E-state index in [1.54, 1.807) is 0 Å². The molecule has 0 radical (unpaired) electrons. The monoisotopic (exact) mass is 261 g/mol.